The van der Waals surface area contributed by atoms with Crippen molar-refractivity contribution >= 4 is 57.0 Å². The number of amides is 1. The third-order valence-electron chi connectivity index (χ3n) is 5.97. The molecule has 37 heavy (non-hydrogen) atoms. The van der Waals surface area contributed by atoms with Crippen molar-refractivity contribution in [3.8, 4) is 11.5 Å². The van der Waals surface area contributed by atoms with Gasteiger partial charge in [0.2, 0.25) is 0 Å². The van der Waals surface area contributed by atoms with E-state index in [1.54, 1.807) is 25.3 Å². The van der Waals surface area contributed by atoms with Crippen molar-refractivity contribution in [3.63, 3.8) is 0 Å². The standard InChI is InChI=1S/C30H25ClN2O3S/c1-3-19-9-12-24(13-10-19)32-30-33-29(34)27(37-30)17-21-15-25(31)28(26(16-21)35-2)36-18-20-8-11-22-6-4-5-7-23(22)14-20/h4-17H,3,18H2,1-2H3,(H,32,33,34)/b27-17-. The van der Waals surface area contributed by atoms with Gasteiger partial charge in [0.25, 0.3) is 5.91 Å². The number of ether oxygens (including phenoxy) is 2. The number of halogens is 1. The molecule has 1 saturated heterocycles. The van der Waals surface area contributed by atoms with Crippen LogP contribution in [0.3, 0.4) is 0 Å². The fraction of sp³-hybridized carbons (Fsp3) is 0.133. The SMILES string of the molecule is CCc1ccc(N=C2NC(=O)/C(=C/c3cc(Cl)c(OCc4ccc5ccccc5c4)c(OC)c3)S2)cc1. The minimum atomic E-state index is -0.208. The van der Waals surface area contributed by atoms with Crippen LogP contribution in [0.4, 0.5) is 5.69 Å². The van der Waals surface area contributed by atoms with E-state index < -0.39 is 0 Å². The molecule has 0 aromatic heterocycles. The number of carbonyl (C=O) groups excluding carboxylic acids is 1. The average Bonchev–Trinajstić information content (AvgIpc) is 3.26. The summed E-state index contributed by atoms with van der Waals surface area (Å²) in [6.07, 6.45) is 2.73. The van der Waals surface area contributed by atoms with E-state index in [4.69, 9.17) is 21.1 Å². The summed E-state index contributed by atoms with van der Waals surface area (Å²) in [6, 6.07) is 25.9. The third-order valence-corrected chi connectivity index (χ3v) is 7.16. The molecule has 186 valence electrons. The van der Waals surface area contributed by atoms with Gasteiger partial charge < -0.3 is 14.8 Å². The maximum Gasteiger partial charge on any atom is 0.264 e. The lowest BCUT2D eigenvalue weighted by molar-refractivity contribution is -0.115. The second-order valence-corrected chi connectivity index (χ2v) is 9.94. The number of hydrogen-bond donors (Lipinski definition) is 1. The first-order chi connectivity index (χ1) is 18.0. The molecule has 0 spiro atoms. The Labute approximate surface area is 225 Å². The summed E-state index contributed by atoms with van der Waals surface area (Å²) >= 11 is 7.88. The number of aryl methyl sites for hydroxylation is 1. The van der Waals surface area contributed by atoms with Crippen LogP contribution in [0.15, 0.2) is 88.8 Å². The maximum absolute atomic E-state index is 12.6. The number of carbonyl (C=O) groups is 1. The number of aliphatic imine (C=N–C) groups is 1. The molecule has 0 aliphatic carbocycles. The van der Waals surface area contributed by atoms with E-state index in [2.05, 4.69) is 41.5 Å². The molecule has 0 unspecified atom stereocenters. The summed E-state index contributed by atoms with van der Waals surface area (Å²) < 4.78 is 11.6. The molecule has 1 aliphatic rings. The van der Waals surface area contributed by atoms with E-state index in [1.807, 2.05) is 42.5 Å². The lowest BCUT2D eigenvalue weighted by atomic mass is 10.1. The number of nitrogens with zero attached hydrogens (tertiary/aromatic N) is 1. The summed E-state index contributed by atoms with van der Waals surface area (Å²) in [5, 5.41) is 6.09. The first-order valence-corrected chi connectivity index (χ1v) is 13.1. The van der Waals surface area contributed by atoms with Gasteiger partial charge in [-0.1, -0.05) is 67.1 Å². The summed E-state index contributed by atoms with van der Waals surface area (Å²) in [6.45, 7) is 2.45. The molecule has 0 radical (unpaired) electrons. The van der Waals surface area contributed by atoms with Crippen molar-refractivity contribution < 1.29 is 14.3 Å². The number of benzene rings is 4. The number of methoxy groups -OCH3 is 1. The van der Waals surface area contributed by atoms with Gasteiger partial charge >= 0.3 is 0 Å². The lowest BCUT2D eigenvalue weighted by Gasteiger charge is -2.14. The van der Waals surface area contributed by atoms with E-state index in [0.29, 0.717) is 33.2 Å². The molecule has 5 rings (SSSR count). The van der Waals surface area contributed by atoms with E-state index in [1.165, 1.54) is 22.7 Å². The van der Waals surface area contributed by atoms with Gasteiger partial charge in [0, 0.05) is 0 Å². The molecule has 1 amide bonds. The van der Waals surface area contributed by atoms with Crippen LogP contribution in [0.5, 0.6) is 11.5 Å². The number of thioether (sulfide) groups is 1. The molecule has 0 bridgehead atoms. The minimum absolute atomic E-state index is 0.208. The van der Waals surface area contributed by atoms with E-state index in [-0.39, 0.29) is 5.91 Å². The zero-order chi connectivity index (χ0) is 25.8. The van der Waals surface area contributed by atoms with Crippen LogP contribution in [-0.4, -0.2) is 18.2 Å². The fourth-order valence-electron chi connectivity index (χ4n) is 4.00. The summed E-state index contributed by atoms with van der Waals surface area (Å²) in [7, 11) is 1.57. The maximum atomic E-state index is 12.6. The van der Waals surface area contributed by atoms with Gasteiger partial charge in [-0.25, -0.2) is 4.99 Å². The molecular formula is C30H25ClN2O3S. The molecule has 1 heterocycles. The molecule has 7 heteroatoms. The summed E-state index contributed by atoms with van der Waals surface area (Å²) in [5.74, 6) is 0.745. The van der Waals surface area contributed by atoms with Crippen molar-refractivity contribution in [1.29, 1.82) is 0 Å². The van der Waals surface area contributed by atoms with Crippen LogP contribution >= 0.6 is 23.4 Å². The van der Waals surface area contributed by atoms with Crippen molar-refractivity contribution in [3.05, 3.63) is 105 Å². The molecule has 5 nitrogen and oxygen atoms in total. The van der Waals surface area contributed by atoms with Crippen LogP contribution in [-0.2, 0) is 17.8 Å². The monoisotopic (exact) mass is 528 g/mol. The van der Waals surface area contributed by atoms with Crippen molar-refractivity contribution in [2.45, 2.75) is 20.0 Å². The zero-order valence-electron chi connectivity index (χ0n) is 20.5. The Balaban J connectivity index is 1.33. The van der Waals surface area contributed by atoms with Gasteiger partial charge in [0.05, 0.1) is 22.7 Å². The highest BCUT2D eigenvalue weighted by Gasteiger charge is 2.24. The van der Waals surface area contributed by atoms with Crippen molar-refractivity contribution in [2.75, 3.05) is 7.11 Å². The second-order valence-electron chi connectivity index (χ2n) is 8.51. The van der Waals surface area contributed by atoms with Gasteiger partial charge in [-0.15, -0.1) is 0 Å². The normalized spacial score (nSPS) is 15.4. The van der Waals surface area contributed by atoms with Gasteiger partial charge in [0.1, 0.15) is 6.61 Å². The Morgan fingerprint density at radius 3 is 2.49 bits per heavy atom. The van der Waals surface area contributed by atoms with Crippen molar-refractivity contribution in [2.24, 2.45) is 4.99 Å². The Hall–Kier alpha value is -3.74. The summed E-state index contributed by atoms with van der Waals surface area (Å²) in [4.78, 5) is 17.6. The van der Waals surface area contributed by atoms with E-state index in [9.17, 15) is 4.79 Å². The van der Waals surface area contributed by atoms with Gasteiger partial charge in [-0.3, -0.25) is 4.79 Å². The quantitative estimate of drug-likeness (QED) is 0.252. The van der Waals surface area contributed by atoms with E-state index >= 15 is 0 Å². The zero-order valence-corrected chi connectivity index (χ0v) is 22.0. The number of fused-ring (bicyclic) bond motifs is 1. The topological polar surface area (TPSA) is 59.9 Å². The second kappa shape index (κ2) is 11.1. The first kappa shape index (κ1) is 24.9. The molecule has 1 aliphatic heterocycles. The molecule has 1 fully saturated rings. The predicted octanol–water partition coefficient (Wildman–Crippen LogP) is 7.53. The lowest BCUT2D eigenvalue weighted by Crippen LogP contribution is -2.19. The smallest absolute Gasteiger partial charge is 0.264 e. The van der Waals surface area contributed by atoms with Crippen LogP contribution in [0.2, 0.25) is 5.02 Å². The van der Waals surface area contributed by atoms with E-state index in [0.717, 1.165) is 28.6 Å². The van der Waals surface area contributed by atoms with Crippen LogP contribution < -0.4 is 14.8 Å². The number of hydrogen-bond acceptors (Lipinski definition) is 5. The third kappa shape index (κ3) is 5.82. The molecule has 4 aromatic carbocycles. The Morgan fingerprint density at radius 2 is 1.73 bits per heavy atom. The Bertz CT molecular complexity index is 1530. The van der Waals surface area contributed by atoms with Crippen LogP contribution in [0.1, 0.15) is 23.6 Å². The highest BCUT2D eigenvalue weighted by atomic mass is 35.5. The summed E-state index contributed by atoms with van der Waals surface area (Å²) in [5.41, 5.74) is 3.78. The minimum Gasteiger partial charge on any atom is -0.493 e. The Kier molecular flexibility index (Phi) is 7.49. The molecule has 4 aromatic rings. The fourth-order valence-corrected chi connectivity index (χ4v) is 5.12. The van der Waals surface area contributed by atoms with Crippen LogP contribution in [0, 0.1) is 0 Å². The molecule has 1 N–H and O–H groups in total. The Morgan fingerprint density at radius 1 is 0.973 bits per heavy atom. The molecule has 0 atom stereocenters. The molecular weight excluding hydrogens is 504 g/mol. The predicted molar refractivity (Wildman–Crippen MR) is 153 cm³/mol. The van der Waals surface area contributed by atoms with Crippen LogP contribution in [0.25, 0.3) is 16.8 Å². The average molecular weight is 529 g/mol. The number of nitrogens with one attached hydrogen (secondary N) is 1. The largest absolute Gasteiger partial charge is 0.493 e. The highest BCUT2D eigenvalue weighted by Crippen LogP contribution is 2.38. The number of rotatable bonds is 7. The number of amidine groups is 1. The van der Waals surface area contributed by atoms with Crippen molar-refractivity contribution in [1.82, 2.24) is 5.32 Å². The first-order valence-electron chi connectivity index (χ1n) is 11.9. The van der Waals surface area contributed by atoms with Gasteiger partial charge in [-0.05, 0) is 82.1 Å². The highest BCUT2D eigenvalue weighted by molar-refractivity contribution is 8.18. The van der Waals surface area contributed by atoms with Gasteiger partial charge in [-0.2, -0.15) is 0 Å². The van der Waals surface area contributed by atoms with Gasteiger partial charge in [0.15, 0.2) is 16.7 Å². The molecule has 0 saturated carbocycles.